The molecule has 6 N–H and O–H groups in total. The Morgan fingerprint density at radius 1 is 1.25 bits per heavy atom. The normalized spacial score (nSPS) is 21.5. The molecular weight excluding hydrogens is 324 g/mol. The van der Waals surface area contributed by atoms with Crippen molar-refractivity contribution in [3.8, 4) is 0 Å². The summed E-state index contributed by atoms with van der Waals surface area (Å²) in [4.78, 5) is 32.6. The van der Waals surface area contributed by atoms with Crippen molar-refractivity contribution in [2.24, 2.45) is 0 Å². The number of quaternary nitrogens is 1. The molecule has 1 aliphatic rings. The van der Waals surface area contributed by atoms with E-state index in [2.05, 4.69) is 0 Å². The molecule has 1 rings (SSSR count). The summed E-state index contributed by atoms with van der Waals surface area (Å²) in [5.74, 6) is -2.85. The number of nitrogens with two attached hydrogens (primary N) is 1. The predicted molar refractivity (Wildman–Crippen MR) is 81.3 cm³/mol. The lowest BCUT2D eigenvalue weighted by molar-refractivity contribution is -0.666. The lowest BCUT2D eigenvalue weighted by Gasteiger charge is -2.23. The van der Waals surface area contributed by atoms with Gasteiger partial charge in [0.25, 0.3) is 0 Å². The summed E-state index contributed by atoms with van der Waals surface area (Å²) in [7, 11) is 1.90. The van der Waals surface area contributed by atoms with E-state index in [1.165, 1.54) is 0 Å². The second kappa shape index (κ2) is 9.40. The Balaban J connectivity index is 0.000000506. The average Bonchev–Trinajstić information content (AvgIpc) is 2.78. The van der Waals surface area contributed by atoms with Gasteiger partial charge in [0.05, 0.1) is 26.6 Å². The maximum atomic E-state index is 11.6. The van der Waals surface area contributed by atoms with E-state index in [0.717, 1.165) is 0 Å². The van der Waals surface area contributed by atoms with E-state index in [4.69, 9.17) is 20.1 Å². The van der Waals surface area contributed by atoms with E-state index >= 15 is 0 Å². The summed E-state index contributed by atoms with van der Waals surface area (Å²) in [6.07, 6.45) is -3.34. The molecule has 0 aromatic heterocycles. The molecule has 1 saturated heterocycles. The third-order valence-corrected chi connectivity index (χ3v) is 3.07. The molecule has 1 amide bonds. The minimum Gasteiger partial charge on any atom is -0.481 e. The molecule has 0 saturated carbocycles. The van der Waals surface area contributed by atoms with Crippen LogP contribution in [0.25, 0.3) is 0 Å². The van der Waals surface area contributed by atoms with E-state index in [0.29, 0.717) is 13.1 Å². The second-order valence-electron chi connectivity index (χ2n) is 6.40. The van der Waals surface area contributed by atoms with E-state index < -0.39 is 36.2 Å². The highest BCUT2D eigenvalue weighted by Gasteiger charge is 2.37. The summed E-state index contributed by atoms with van der Waals surface area (Å²) < 4.78 is 5.22. The van der Waals surface area contributed by atoms with Gasteiger partial charge in [0.1, 0.15) is 17.7 Å². The lowest BCUT2D eigenvalue weighted by Crippen LogP contribution is -2.89. The van der Waals surface area contributed by atoms with Crippen molar-refractivity contribution in [1.29, 1.82) is 0 Å². The van der Waals surface area contributed by atoms with Crippen LogP contribution in [0.3, 0.4) is 0 Å². The molecule has 0 radical (unpaired) electrons. The summed E-state index contributed by atoms with van der Waals surface area (Å²) in [5.41, 5.74) is -0.476. The van der Waals surface area contributed by atoms with Crippen LogP contribution in [0.4, 0.5) is 4.79 Å². The molecule has 1 aliphatic heterocycles. The molecule has 10 nitrogen and oxygen atoms in total. The summed E-state index contributed by atoms with van der Waals surface area (Å²) in [6.45, 7) is 6.42. The summed E-state index contributed by atoms with van der Waals surface area (Å²) >= 11 is 0. The van der Waals surface area contributed by atoms with Crippen LogP contribution in [0.1, 0.15) is 27.2 Å². The first-order valence-corrected chi connectivity index (χ1v) is 7.45. The Kier molecular flexibility index (Phi) is 8.65. The largest absolute Gasteiger partial charge is 0.481 e. The number of carbonyl (C=O) groups excluding carboxylic acids is 1. The molecule has 0 aromatic carbocycles. The number of aliphatic carboxylic acids is 2. The minimum absolute atomic E-state index is 0.0671. The van der Waals surface area contributed by atoms with Gasteiger partial charge in [-0.1, -0.05) is 0 Å². The van der Waals surface area contributed by atoms with Crippen molar-refractivity contribution in [1.82, 2.24) is 4.90 Å². The van der Waals surface area contributed by atoms with Gasteiger partial charge in [-0.05, 0) is 20.8 Å². The Morgan fingerprint density at radius 3 is 2.08 bits per heavy atom. The minimum atomic E-state index is -1.79. The van der Waals surface area contributed by atoms with Crippen molar-refractivity contribution in [3.05, 3.63) is 0 Å². The fourth-order valence-corrected chi connectivity index (χ4v) is 1.87. The van der Waals surface area contributed by atoms with Gasteiger partial charge < -0.3 is 30.5 Å². The van der Waals surface area contributed by atoms with Crippen LogP contribution in [-0.4, -0.2) is 87.3 Å². The number of rotatable bonds is 4. The second-order valence-corrected chi connectivity index (χ2v) is 6.40. The zero-order chi connectivity index (χ0) is 19.1. The van der Waals surface area contributed by atoms with Crippen LogP contribution >= 0.6 is 0 Å². The number of carboxylic acid groups (broad SMARTS) is 2. The van der Waals surface area contributed by atoms with Crippen molar-refractivity contribution in [3.63, 3.8) is 0 Å². The highest BCUT2D eigenvalue weighted by molar-refractivity contribution is 5.79. The number of likely N-dealkylation sites (N-methyl/N-ethyl adjacent to an activating group) is 1. The summed E-state index contributed by atoms with van der Waals surface area (Å²) in [5, 5.41) is 35.7. The number of carbonyl (C=O) groups is 3. The number of hydrogen-bond donors (Lipinski definition) is 5. The van der Waals surface area contributed by atoms with Crippen molar-refractivity contribution < 1.29 is 44.9 Å². The van der Waals surface area contributed by atoms with Gasteiger partial charge in [0.2, 0.25) is 0 Å². The molecule has 0 spiro atoms. The molecule has 0 aromatic rings. The molecular formula is C14H27N2O8+. The van der Waals surface area contributed by atoms with Crippen molar-refractivity contribution in [2.45, 2.75) is 51.0 Å². The van der Waals surface area contributed by atoms with Crippen LogP contribution in [0, 0.1) is 0 Å². The fraction of sp³-hybridized carbons (Fsp3) is 0.786. The van der Waals surface area contributed by atoms with Crippen molar-refractivity contribution >= 4 is 18.0 Å². The van der Waals surface area contributed by atoms with Crippen LogP contribution < -0.4 is 5.32 Å². The van der Waals surface area contributed by atoms with Gasteiger partial charge in [-0.3, -0.25) is 9.69 Å². The average molecular weight is 351 g/mol. The van der Waals surface area contributed by atoms with Gasteiger partial charge in [-0.25, -0.2) is 9.59 Å². The van der Waals surface area contributed by atoms with Crippen LogP contribution in [0.5, 0.6) is 0 Å². The molecule has 0 bridgehead atoms. The Morgan fingerprint density at radius 2 is 1.79 bits per heavy atom. The Labute approximate surface area is 140 Å². The van der Waals surface area contributed by atoms with E-state index in [-0.39, 0.29) is 12.1 Å². The molecule has 140 valence electrons. The van der Waals surface area contributed by atoms with Crippen LogP contribution in [0.15, 0.2) is 0 Å². The molecule has 0 unspecified atom stereocenters. The fourth-order valence-electron chi connectivity index (χ4n) is 1.87. The molecule has 24 heavy (non-hydrogen) atoms. The summed E-state index contributed by atoms with van der Waals surface area (Å²) in [6, 6.07) is 0.0671. The number of likely N-dealkylation sites (tertiary alicyclic amines) is 1. The topological polar surface area (TPSA) is 161 Å². The molecule has 1 heterocycles. The highest BCUT2D eigenvalue weighted by Crippen LogP contribution is 2.14. The van der Waals surface area contributed by atoms with E-state index in [1.54, 1.807) is 4.90 Å². The Bertz CT molecular complexity index is 449. The first-order chi connectivity index (χ1) is 10.9. The lowest BCUT2D eigenvalue weighted by atomic mass is 10.2. The van der Waals surface area contributed by atoms with E-state index in [1.807, 2.05) is 33.1 Å². The number of aliphatic hydroxyl groups is 2. The van der Waals surface area contributed by atoms with Gasteiger partial charge in [-0.2, -0.15) is 0 Å². The quantitative estimate of drug-likeness (QED) is 0.391. The smallest absolute Gasteiger partial charge is 0.410 e. The SMILES string of the molecule is C[NH2+][C@H]1CN(C(=O)OC(C)(C)C)C[C@@H]1O.O=C(O)C[C@H](O)C(=O)O. The van der Waals surface area contributed by atoms with E-state index in [9.17, 15) is 19.5 Å². The number of nitrogens with zero attached hydrogens (tertiary/aromatic N) is 1. The molecule has 3 atom stereocenters. The third kappa shape index (κ3) is 8.65. The third-order valence-electron chi connectivity index (χ3n) is 3.07. The molecule has 10 heteroatoms. The van der Waals surface area contributed by atoms with Gasteiger partial charge in [-0.15, -0.1) is 0 Å². The molecule has 1 fully saturated rings. The van der Waals surface area contributed by atoms with Crippen molar-refractivity contribution in [2.75, 3.05) is 20.1 Å². The van der Waals surface area contributed by atoms with Gasteiger partial charge in [0.15, 0.2) is 6.10 Å². The number of aliphatic hydroxyl groups excluding tert-OH is 2. The first-order valence-electron chi connectivity index (χ1n) is 7.45. The van der Waals surface area contributed by atoms with Gasteiger partial charge in [0, 0.05) is 0 Å². The van der Waals surface area contributed by atoms with Crippen LogP contribution in [0.2, 0.25) is 0 Å². The number of hydrogen-bond acceptors (Lipinski definition) is 6. The first kappa shape index (κ1) is 22.1. The van der Waals surface area contributed by atoms with Gasteiger partial charge >= 0.3 is 18.0 Å². The number of β-amino-alcohol motifs (C(OH)–C–C–N with tert-alkyl or cyclic N) is 1. The number of carboxylic acids is 2. The maximum absolute atomic E-state index is 11.6. The predicted octanol–water partition coefficient (Wildman–Crippen LogP) is -1.93. The standard InChI is InChI=1S/C10H20N2O3.C4H6O5/c1-10(2,3)15-9(14)12-5-7(11-4)8(13)6-12;5-2(4(8)9)1-3(6)7/h7-8,11,13H,5-6H2,1-4H3;2,5H,1H2,(H,6,7)(H,8,9)/p+1/t7-,8-;2-/m00/s1. The Hall–Kier alpha value is -1.91. The van der Waals surface area contributed by atoms with Crippen LogP contribution in [-0.2, 0) is 14.3 Å². The number of amides is 1. The number of ether oxygens (including phenoxy) is 1. The zero-order valence-electron chi connectivity index (χ0n) is 14.3. The monoisotopic (exact) mass is 351 g/mol. The molecule has 0 aliphatic carbocycles. The highest BCUT2D eigenvalue weighted by atomic mass is 16.6. The zero-order valence-corrected chi connectivity index (χ0v) is 14.3. The maximum Gasteiger partial charge on any atom is 0.410 e.